The van der Waals surface area contributed by atoms with Gasteiger partial charge in [-0.1, -0.05) is 86.1 Å². The summed E-state index contributed by atoms with van der Waals surface area (Å²) in [4.78, 5) is 2.34. The molecule has 0 aliphatic rings. The van der Waals surface area contributed by atoms with Crippen molar-refractivity contribution in [3.8, 4) is 5.75 Å². The third-order valence-corrected chi connectivity index (χ3v) is 6.05. The first kappa shape index (κ1) is 23.1. The molecule has 0 amide bonds. The van der Waals surface area contributed by atoms with Crippen LogP contribution in [0.4, 0.5) is 0 Å². The van der Waals surface area contributed by atoms with Crippen LogP contribution in [0.5, 0.6) is 5.75 Å². The van der Waals surface area contributed by atoms with E-state index in [1.54, 1.807) is 0 Å². The fourth-order valence-electron chi connectivity index (χ4n) is 3.91. The van der Waals surface area contributed by atoms with E-state index >= 15 is 0 Å². The monoisotopic (exact) mass is 417 g/mol. The average molecular weight is 418 g/mol. The lowest BCUT2D eigenvalue weighted by Gasteiger charge is -2.30. The Kier molecular flexibility index (Phi) is 8.27. The summed E-state index contributed by atoms with van der Waals surface area (Å²) in [6.07, 6.45) is 1.41. The Hall–Kier alpha value is -2.62. The minimum Gasteiger partial charge on any atom is -0.492 e. The van der Waals surface area contributed by atoms with Gasteiger partial charge in [0.2, 0.25) is 0 Å². The molecule has 0 spiro atoms. The quantitative estimate of drug-likeness (QED) is 0.442. The first-order valence-electron chi connectivity index (χ1n) is 11.3. The van der Waals surface area contributed by atoms with Gasteiger partial charge in [-0.05, 0) is 61.7 Å². The molecule has 0 fully saturated rings. The number of benzene rings is 3. The van der Waals surface area contributed by atoms with Crippen molar-refractivity contribution >= 4 is 0 Å². The summed E-state index contributed by atoms with van der Waals surface area (Å²) in [6.45, 7) is 10.1. The van der Waals surface area contributed by atoms with Crippen LogP contribution in [0.1, 0.15) is 42.5 Å². The zero-order valence-corrected chi connectivity index (χ0v) is 19.1. The highest BCUT2D eigenvalue weighted by molar-refractivity contribution is 5.39. The third-order valence-electron chi connectivity index (χ3n) is 6.05. The molecule has 3 nitrogen and oxygen atoms in total. The van der Waals surface area contributed by atoms with Crippen molar-refractivity contribution in [1.29, 1.82) is 0 Å². The van der Waals surface area contributed by atoms with Gasteiger partial charge >= 0.3 is 0 Å². The standard InChI is InChI=1S/C28H35NO2/c1-4-29(5-2)21-22-31-27-17-15-26(16-18-27)28(30,25-9-7-6-8-10-25)20-19-24-13-11-23(3)12-14-24/h6-18,30H,4-5,19-22H2,1-3H3. The maximum atomic E-state index is 11.8. The molecule has 3 aromatic rings. The lowest BCUT2D eigenvalue weighted by atomic mass is 9.81. The van der Waals surface area contributed by atoms with Gasteiger partial charge in [0.25, 0.3) is 0 Å². The van der Waals surface area contributed by atoms with Gasteiger partial charge in [-0.15, -0.1) is 0 Å². The highest BCUT2D eigenvalue weighted by Gasteiger charge is 2.31. The normalized spacial score (nSPS) is 13.2. The van der Waals surface area contributed by atoms with E-state index in [0.717, 1.165) is 42.9 Å². The molecule has 0 heterocycles. The van der Waals surface area contributed by atoms with Crippen molar-refractivity contribution < 1.29 is 9.84 Å². The summed E-state index contributed by atoms with van der Waals surface area (Å²) in [5.74, 6) is 0.838. The minimum atomic E-state index is -1.05. The molecule has 3 heteroatoms. The average Bonchev–Trinajstić information content (AvgIpc) is 2.82. The Morgan fingerprint density at radius 2 is 1.42 bits per heavy atom. The molecule has 1 atom stereocenters. The van der Waals surface area contributed by atoms with Crippen LogP contribution in [0, 0.1) is 6.92 Å². The lowest BCUT2D eigenvalue weighted by molar-refractivity contribution is 0.0712. The van der Waals surface area contributed by atoms with Gasteiger partial charge < -0.3 is 14.7 Å². The summed E-state index contributed by atoms with van der Waals surface area (Å²) >= 11 is 0. The van der Waals surface area contributed by atoms with Crippen LogP contribution in [0.25, 0.3) is 0 Å². The number of rotatable bonds is 11. The van der Waals surface area contributed by atoms with Crippen LogP contribution in [0.15, 0.2) is 78.9 Å². The number of hydrogen-bond acceptors (Lipinski definition) is 3. The Balaban J connectivity index is 1.75. The van der Waals surface area contributed by atoms with E-state index in [1.165, 1.54) is 11.1 Å². The highest BCUT2D eigenvalue weighted by Crippen LogP contribution is 2.35. The second kappa shape index (κ2) is 11.1. The third kappa shape index (κ3) is 6.19. The molecule has 0 aliphatic heterocycles. The first-order valence-corrected chi connectivity index (χ1v) is 11.3. The predicted octanol–water partition coefficient (Wildman–Crippen LogP) is 5.58. The van der Waals surface area contributed by atoms with Gasteiger partial charge in [-0.25, -0.2) is 0 Å². The largest absolute Gasteiger partial charge is 0.492 e. The van der Waals surface area contributed by atoms with Gasteiger partial charge in [-0.2, -0.15) is 0 Å². The molecule has 0 aliphatic carbocycles. The Morgan fingerprint density at radius 1 is 0.806 bits per heavy atom. The lowest BCUT2D eigenvalue weighted by Crippen LogP contribution is -2.28. The summed E-state index contributed by atoms with van der Waals surface area (Å²) < 4.78 is 5.93. The molecule has 0 saturated carbocycles. The molecule has 0 radical (unpaired) electrons. The Morgan fingerprint density at radius 3 is 2.03 bits per heavy atom. The van der Waals surface area contributed by atoms with Gasteiger partial charge in [0.15, 0.2) is 0 Å². The van der Waals surface area contributed by atoms with Gasteiger partial charge in [0, 0.05) is 6.54 Å². The van der Waals surface area contributed by atoms with Gasteiger partial charge in [0.1, 0.15) is 18.0 Å². The van der Waals surface area contributed by atoms with Crippen molar-refractivity contribution in [1.82, 2.24) is 4.90 Å². The van der Waals surface area contributed by atoms with Crippen LogP contribution in [0.2, 0.25) is 0 Å². The molecule has 1 N–H and O–H groups in total. The maximum Gasteiger partial charge on any atom is 0.119 e. The summed E-state index contributed by atoms with van der Waals surface area (Å²) in [5, 5.41) is 11.8. The van der Waals surface area contributed by atoms with Gasteiger partial charge in [-0.3, -0.25) is 0 Å². The van der Waals surface area contributed by atoms with Gasteiger partial charge in [0.05, 0.1) is 0 Å². The molecule has 164 valence electrons. The van der Waals surface area contributed by atoms with Crippen LogP contribution in [-0.2, 0) is 12.0 Å². The van der Waals surface area contributed by atoms with E-state index in [9.17, 15) is 5.11 Å². The number of aliphatic hydroxyl groups is 1. The number of aryl methyl sites for hydroxylation is 2. The van der Waals surface area contributed by atoms with Crippen LogP contribution >= 0.6 is 0 Å². The van der Waals surface area contributed by atoms with E-state index in [1.807, 2.05) is 54.6 Å². The topological polar surface area (TPSA) is 32.7 Å². The van der Waals surface area contributed by atoms with E-state index in [2.05, 4.69) is 49.9 Å². The predicted molar refractivity (Wildman–Crippen MR) is 129 cm³/mol. The van der Waals surface area contributed by atoms with Crippen molar-refractivity contribution in [2.45, 2.75) is 39.2 Å². The number of nitrogens with zero attached hydrogens (tertiary/aromatic N) is 1. The number of likely N-dealkylation sites (N-methyl/N-ethyl adjacent to an activating group) is 1. The first-order chi connectivity index (χ1) is 15.0. The van der Waals surface area contributed by atoms with E-state index in [0.29, 0.717) is 13.0 Å². The van der Waals surface area contributed by atoms with Crippen molar-refractivity contribution in [2.24, 2.45) is 0 Å². The Labute approximate surface area is 187 Å². The fourth-order valence-corrected chi connectivity index (χ4v) is 3.91. The molecule has 3 aromatic carbocycles. The zero-order valence-electron chi connectivity index (χ0n) is 19.1. The summed E-state index contributed by atoms with van der Waals surface area (Å²) in [6, 6.07) is 26.4. The highest BCUT2D eigenvalue weighted by atomic mass is 16.5. The van der Waals surface area contributed by atoms with E-state index in [4.69, 9.17) is 4.74 Å². The van der Waals surface area contributed by atoms with Crippen LogP contribution in [-0.4, -0.2) is 36.2 Å². The SMILES string of the molecule is CCN(CC)CCOc1ccc(C(O)(CCc2ccc(C)cc2)c2ccccc2)cc1. The number of ether oxygens (including phenoxy) is 1. The van der Waals surface area contributed by atoms with Crippen molar-refractivity contribution in [3.05, 3.63) is 101 Å². The molecule has 0 bridgehead atoms. The van der Waals surface area contributed by atoms with E-state index < -0.39 is 5.60 Å². The molecule has 0 aromatic heterocycles. The van der Waals surface area contributed by atoms with E-state index in [-0.39, 0.29) is 0 Å². The zero-order chi connectivity index (χ0) is 22.1. The second-order valence-corrected chi connectivity index (χ2v) is 8.11. The molecule has 31 heavy (non-hydrogen) atoms. The smallest absolute Gasteiger partial charge is 0.119 e. The molecular weight excluding hydrogens is 382 g/mol. The van der Waals surface area contributed by atoms with Crippen molar-refractivity contribution in [3.63, 3.8) is 0 Å². The van der Waals surface area contributed by atoms with Crippen LogP contribution < -0.4 is 4.74 Å². The number of hydrogen-bond donors (Lipinski definition) is 1. The fraction of sp³-hybridized carbons (Fsp3) is 0.357. The van der Waals surface area contributed by atoms with Crippen molar-refractivity contribution in [2.75, 3.05) is 26.2 Å². The maximum absolute atomic E-state index is 11.8. The molecular formula is C28H35NO2. The summed E-state index contributed by atoms with van der Waals surface area (Å²) in [7, 11) is 0. The Bertz CT molecular complexity index is 902. The second-order valence-electron chi connectivity index (χ2n) is 8.11. The molecule has 3 rings (SSSR count). The summed E-state index contributed by atoms with van der Waals surface area (Å²) in [5.41, 5.74) is 3.24. The molecule has 1 unspecified atom stereocenters. The minimum absolute atomic E-state index is 0.613. The van der Waals surface area contributed by atoms with Crippen LogP contribution in [0.3, 0.4) is 0 Å². The molecule has 0 saturated heterocycles.